The highest BCUT2D eigenvalue weighted by molar-refractivity contribution is 7.68. The van der Waals surface area contributed by atoms with Crippen LogP contribution < -0.4 is 23.0 Å². The minimum absolute atomic E-state index is 0.287. The van der Waals surface area contributed by atoms with Gasteiger partial charge in [-0.15, -0.1) is 0 Å². The van der Waals surface area contributed by atoms with Crippen molar-refractivity contribution in [3.8, 4) is 89.8 Å². The van der Waals surface area contributed by atoms with Crippen molar-refractivity contribution < 1.29 is 27.2 Å². The second-order valence-corrected chi connectivity index (χ2v) is 21.8. The number of benzene rings is 12. The van der Waals surface area contributed by atoms with E-state index in [-0.39, 0.29) is 23.0 Å². The number of rotatable bonds is 6. The van der Waals surface area contributed by atoms with Crippen LogP contribution in [0.1, 0.15) is 0 Å². The highest BCUT2D eigenvalue weighted by atomic mass is 31.3. The minimum Gasteiger partial charge on any atom is -0.403 e. The van der Waals surface area contributed by atoms with E-state index in [0.29, 0.717) is 43.8 Å². The summed E-state index contributed by atoms with van der Waals surface area (Å²) in [7, 11) is -9.91. The Kier molecular flexibility index (Phi) is 10.0. The fraction of sp³-hybridized carbons (Fsp3) is 0. The van der Waals surface area contributed by atoms with Crippen LogP contribution in [0.4, 0.5) is 0 Å². The van der Waals surface area contributed by atoms with Crippen LogP contribution in [0.2, 0.25) is 0 Å². The van der Waals surface area contributed by atoms with Gasteiger partial charge >= 0.3 is 15.5 Å². The predicted octanol–water partition coefficient (Wildman–Crippen LogP) is 18.3. The summed E-state index contributed by atoms with van der Waals surface area (Å²) in [6.07, 6.45) is 0. The third kappa shape index (κ3) is 7.24. The number of hydrogen-bond acceptors (Lipinski definition) is 6. The van der Waals surface area contributed by atoms with E-state index in [1.165, 1.54) is 0 Å². The molecule has 12 aromatic rings. The molecule has 0 saturated carbocycles. The molecule has 2 heterocycles. The smallest absolute Gasteiger partial charge is 0.403 e. The summed E-state index contributed by atoms with van der Waals surface area (Å²) in [6.45, 7) is 0. The van der Waals surface area contributed by atoms with E-state index < -0.39 is 15.5 Å². The highest BCUT2D eigenvalue weighted by Crippen LogP contribution is 2.68. The van der Waals surface area contributed by atoms with Crippen LogP contribution in [0.3, 0.4) is 0 Å². The van der Waals surface area contributed by atoms with E-state index in [1.54, 1.807) is 0 Å². The Balaban J connectivity index is 1.07. The molecule has 0 saturated heterocycles. The monoisotopic (exact) mass is 981 g/mol. The molecule has 0 atom stereocenters. The molecule has 2 aliphatic heterocycles. The van der Waals surface area contributed by atoms with Crippen molar-refractivity contribution in [1.29, 1.82) is 0 Å². The molecule has 73 heavy (non-hydrogen) atoms. The second kappa shape index (κ2) is 17.0. The van der Waals surface area contributed by atoms with Gasteiger partial charge in [0.15, 0.2) is 0 Å². The first-order chi connectivity index (χ1) is 35.9. The Hall–Kier alpha value is -8.70. The van der Waals surface area contributed by atoms with Crippen molar-refractivity contribution in [3.63, 3.8) is 0 Å². The lowest BCUT2D eigenvalue weighted by Crippen LogP contribution is -2.21. The molecule has 14 rings (SSSR count). The van der Waals surface area contributed by atoms with Crippen LogP contribution in [0.25, 0.3) is 110 Å². The maximum absolute atomic E-state index is 16.8. The van der Waals surface area contributed by atoms with E-state index in [0.717, 1.165) is 66.1 Å². The van der Waals surface area contributed by atoms with E-state index >= 15 is 9.13 Å². The van der Waals surface area contributed by atoms with E-state index in [9.17, 15) is 0 Å². The van der Waals surface area contributed by atoms with Gasteiger partial charge in [0.25, 0.3) is 0 Å². The zero-order valence-corrected chi connectivity index (χ0v) is 40.7. The average molecular weight is 982 g/mol. The van der Waals surface area contributed by atoms with Crippen LogP contribution in [-0.2, 0) is 9.13 Å². The number of hydrogen-bond donors (Lipinski definition) is 1. The molecule has 0 aromatic heterocycles. The van der Waals surface area contributed by atoms with Crippen LogP contribution in [0.5, 0.6) is 23.0 Å². The Bertz CT molecular complexity index is 3760. The van der Waals surface area contributed by atoms with Crippen LogP contribution in [0, 0.1) is 0 Å². The van der Waals surface area contributed by atoms with E-state index in [4.69, 9.17) is 18.1 Å². The zero-order valence-electron chi connectivity index (χ0n) is 38.9. The second-order valence-electron chi connectivity index (χ2n) is 18.3. The van der Waals surface area contributed by atoms with Gasteiger partial charge in [-0.1, -0.05) is 223 Å². The van der Waals surface area contributed by atoms with Crippen LogP contribution >= 0.6 is 15.5 Å². The molecule has 7 nitrogen and oxygen atoms in total. The molecule has 12 aromatic carbocycles. The topological polar surface area (TPSA) is 83.1 Å². The number of fused-ring (bicyclic) bond motifs is 14. The lowest BCUT2D eigenvalue weighted by atomic mass is 9.84. The standard InChI is InChI=1S/C64H41NO6P2/c66-72(68-61-49-33-17-13-29-45(49)37-53(41-21-5-1-6-22-41)57(61)58-54(42-23-7-2-8-24-42)38-46-30-14-18-34-50(46)62(58)69-72)65-73(67)70-63-51-35-19-15-31-47(51)39-55(43-25-9-3-10-26-43)59(63)60-56(44-27-11-4-12-28-44)40-48-32-16-20-36-52(48)64(60)71-73/h1-40H,(H,65,66,67). The molecule has 0 amide bonds. The largest absolute Gasteiger partial charge is 0.524 e. The quantitative estimate of drug-likeness (QED) is 0.166. The summed E-state index contributed by atoms with van der Waals surface area (Å²) in [5.41, 5.74) is 9.62. The molecule has 1 N–H and O–H groups in total. The molecule has 2 aliphatic rings. The van der Waals surface area contributed by atoms with Crippen molar-refractivity contribution in [2.75, 3.05) is 0 Å². The SMILES string of the molecule is O=P1(NP2(=O)Oc3c(c(-c4ccccc4)cc4ccccc34)-c3c(-c4ccccc4)cc4ccccc4c3O2)Oc2c(c(-c3ccccc3)cc3ccccc23)-c2c(-c3ccccc3)cc3ccccc3c2O1. The lowest BCUT2D eigenvalue weighted by Gasteiger charge is -2.25. The first kappa shape index (κ1) is 43.1. The molecule has 0 aliphatic carbocycles. The van der Waals surface area contributed by atoms with Crippen molar-refractivity contribution in [1.82, 2.24) is 4.86 Å². The molecule has 0 unspecified atom stereocenters. The van der Waals surface area contributed by atoms with Gasteiger partial charge in [0.05, 0.1) is 0 Å². The first-order valence-electron chi connectivity index (χ1n) is 24.1. The summed E-state index contributed by atoms with van der Waals surface area (Å²) in [4.78, 5) is 2.97. The highest BCUT2D eigenvalue weighted by Gasteiger charge is 2.49. The maximum atomic E-state index is 16.8. The Morgan fingerprint density at radius 2 is 0.466 bits per heavy atom. The van der Waals surface area contributed by atoms with Crippen LogP contribution in [0.15, 0.2) is 243 Å². The van der Waals surface area contributed by atoms with Gasteiger partial charge in [0.1, 0.15) is 23.0 Å². The fourth-order valence-electron chi connectivity index (χ4n) is 10.8. The Morgan fingerprint density at radius 3 is 0.699 bits per heavy atom. The molecule has 9 heteroatoms. The maximum Gasteiger partial charge on any atom is 0.524 e. The summed E-state index contributed by atoms with van der Waals surface area (Å²) in [5.74, 6) is 1.15. The Morgan fingerprint density at radius 1 is 0.260 bits per heavy atom. The molecule has 0 fully saturated rings. The van der Waals surface area contributed by atoms with Gasteiger partial charge in [0, 0.05) is 43.8 Å². The third-order valence-corrected chi connectivity index (χ3v) is 17.6. The van der Waals surface area contributed by atoms with Crippen molar-refractivity contribution in [2.45, 2.75) is 0 Å². The summed E-state index contributed by atoms with van der Waals surface area (Å²) >= 11 is 0. The minimum atomic E-state index is -4.95. The first-order valence-corrected chi connectivity index (χ1v) is 27.2. The summed E-state index contributed by atoms with van der Waals surface area (Å²) in [6, 6.07) is 80.3. The molecular weight excluding hydrogens is 941 g/mol. The molecule has 348 valence electrons. The van der Waals surface area contributed by atoms with Crippen molar-refractivity contribution in [2.24, 2.45) is 0 Å². The van der Waals surface area contributed by atoms with Gasteiger partial charge in [-0.05, 0) is 90.3 Å². The molecular formula is C64H41NO6P2. The predicted molar refractivity (Wildman–Crippen MR) is 296 cm³/mol. The summed E-state index contributed by atoms with van der Waals surface area (Å²) < 4.78 is 61.9. The van der Waals surface area contributed by atoms with Gasteiger partial charge in [-0.25, -0.2) is 9.13 Å². The zero-order chi connectivity index (χ0) is 48.7. The average Bonchev–Trinajstić information content (AvgIpc) is 3.67. The lowest BCUT2D eigenvalue weighted by molar-refractivity contribution is 0.361. The van der Waals surface area contributed by atoms with Crippen molar-refractivity contribution in [3.05, 3.63) is 243 Å². The van der Waals surface area contributed by atoms with Gasteiger partial charge in [-0.2, -0.15) is 0 Å². The third-order valence-electron chi connectivity index (χ3n) is 13.9. The Labute approximate surface area is 421 Å². The normalized spacial score (nSPS) is 14.0. The van der Waals surface area contributed by atoms with E-state index in [1.807, 2.05) is 170 Å². The summed E-state index contributed by atoms with van der Waals surface area (Å²) in [5, 5.41) is 6.07. The van der Waals surface area contributed by atoms with Gasteiger partial charge < -0.3 is 18.1 Å². The van der Waals surface area contributed by atoms with Gasteiger partial charge in [-0.3, -0.25) is 0 Å². The van der Waals surface area contributed by atoms with Crippen molar-refractivity contribution >= 4 is 58.6 Å². The number of nitrogens with one attached hydrogen (secondary N) is 1. The van der Waals surface area contributed by atoms with E-state index in [2.05, 4.69) is 77.7 Å². The molecule has 0 radical (unpaired) electrons. The molecule has 0 bridgehead atoms. The fourth-order valence-corrected chi connectivity index (χ4v) is 14.4. The molecule has 0 spiro atoms. The van der Waals surface area contributed by atoms with Crippen LogP contribution in [-0.4, -0.2) is 0 Å². The van der Waals surface area contributed by atoms with Gasteiger partial charge in [0.2, 0.25) is 0 Å².